The molecule has 2 rings (SSSR count). The van der Waals surface area contributed by atoms with Crippen LogP contribution < -0.4 is 14.8 Å². The quantitative estimate of drug-likeness (QED) is 0.887. The summed E-state index contributed by atoms with van der Waals surface area (Å²) in [5.41, 5.74) is 0.552. The van der Waals surface area contributed by atoms with Crippen LogP contribution in [-0.2, 0) is 0 Å². The molecule has 0 radical (unpaired) electrons. The van der Waals surface area contributed by atoms with Crippen LogP contribution in [0.1, 0.15) is 23.7 Å². The molecule has 3 amide bonds. The van der Waals surface area contributed by atoms with Gasteiger partial charge in [0.15, 0.2) is 11.5 Å². The minimum Gasteiger partial charge on any atom is -0.493 e. The van der Waals surface area contributed by atoms with Crippen molar-refractivity contribution >= 4 is 11.9 Å². The Morgan fingerprint density at radius 3 is 2.25 bits per heavy atom. The fourth-order valence-corrected chi connectivity index (χ4v) is 2.61. The molecule has 1 fully saturated rings. The highest BCUT2D eigenvalue weighted by Crippen LogP contribution is 2.28. The van der Waals surface area contributed by atoms with E-state index in [9.17, 15) is 9.59 Å². The predicted octanol–water partition coefficient (Wildman–Crippen LogP) is 1.58. The number of methoxy groups -OCH3 is 2. The first kappa shape index (κ1) is 17.9. The number of amides is 3. The van der Waals surface area contributed by atoms with E-state index in [1.54, 1.807) is 42.2 Å². The molecule has 1 aliphatic rings. The lowest BCUT2D eigenvalue weighted by Crippen LogP contribution is -2.53. The van der Waals surface area contributed by atoms with E-state index >= 15 is 0 Å². The van der Waals surface area contributed by atoms with Gasteiger partial charge >= 0.3 is 6.03 Å². The van der Waals surface area contributed by atoms with E-state index in [0.29, 0.717) is 49.8 Å². The molecule has 0 aromatic heterocycles. The third-order valence-electron chi connectivity index (χ3n) is 4.01. The summed E-state index contributed by atoms with van der Waals surface area (Å²) in [4.78, 5) is 28.1. The average molecular weight is 335 g/mol. The summed E-state index contributed by atoms with van der Waals surface area (Å²) in [6.45, 7) is 4.80. The number of nitrogens with zero attached hydrogens (tertiary/aromatic N) is 2. The van der Waals surface area contributed by atoms with Gasteiger partial charge in [-0.2, -0.15) is 0 Å². The monoisotopic (exact) mass is 335 g/mol. The number of hydrogen-bond donors (Lipinski definition) is 1. The highest BCUT2D eigenvalue weighted by Gasteiger charge is 2.25. The summed E-state index contributed by atoms with van der Waals surface area (Å²) < 4.78 is 10.4. The highest BCUT2D eigenvalue weighted by molar-refractivity contribution is 5.95. The Balaban J connectivity index is 1.96. The lowest BCUT2D eigenvalue weighted by Gasteiger charge is -2.34. The van der Waals surface area contributed by atoms with Crippen molar-refractivity contribution in [2.24, 2.45) is 0 Å². The third-order valence-corrected chi connectivity index (χ3v) is 4.01. The second kappa shape index (κ2) is 8.42. The standard InChI is InChI=1S/C17H25N3O4/c1-4-7-18-17(22)20-10-8-19(9-11-20)16(21)13-5-6-14(23-2)15(12-13)24-3/h5-6,12H,4,7-11H2,1-3H3,(H,18,22). The maximum absolute atomic E-state index is 12.6. The summed E-state index contributed by atoms with van der Waals surface area (Å²) in [6.07, 6.45) is 0.906. The molecule has 0 unspecified atom stereocenters. The molecule has 1 aliphatic heterocycles. The molecule has 1 aromatic carbocycles. The SMILES string of the molecule is CCCNC(=O)N1CCN(C(=O)c2ccc(OC)c(OC)c2)CC1. The van der Waals surface area contributed by atoms with Crippen LogP contribution >= 0.6 is 0 Å². The number of piperazine rings is 1. The normalized spacial score (nSPS) is 14.3. The van der Waals surface area contributed by atoms with Gasteiger partial charge in [0, 0.05) is 38.3 Å². The maximum atomic E-state index is 12.6. The molecule has 132 valence electrons. The molecular weight excluding hydrogens is 310 g/mol. The van der Waals surface area contributed by atoms with E-state index in [-0.39, 0.29) is 11.9 Å². The second-order valence-electron chi connectivity index (χ2n) is 5.58. The van der Waals surface area contributed by atoms with Gasteiger partial charge < -0.3 is 24.6 Å². The zero-order chi connectivity index (χ0) is 17.5. The van der Waals surface area contributed by atoms with Crippen LogP contribution in [0.3, 0.4) is 0 Å². The topological polar surface area (TPSA) is 71.1 Å². The summed E-state index contributed by atoms with van der Waals surface area (Å²) >= 11 is 0. The highest BCUT2D eigenvalue weighted by atomic mass is 16.5. The minimum absolute atomic E-state index is 0.0601. The Morgan fingerprint density at radius 1 is 1.04 bits per heavy atom. The molecular formula is C17H25N3O4. The fourth-order valence-electron chi connectivity index (χ4n) is 2.61. The average Bonchev–Trinajstić information content (AvgIpc) is 2.64. The summed E-state index contributed by atoms with van der Waals surface area (Å²) in [5, 5.41) is 2.86. The number of rotatable bonds is 5. The molecule has 7 heteroatoms. The van der Waals surface area contributed by atoms with Gasteiger partial charge in [-0.3, -0.25) is 4.79 Å². The van der Waals surface area contributed by atoms with Crippen LogP contribution in [0.4, 0.5) is 4.79 Å². The zero-order valence-corrected chi connectivity index (χ0v) is 14.5. The number of nitrogens with one attached hydrogen (secondary N) is 1. The number of carbonyl (C=O) groups excluding carboxylic acids is 2. The summed E-state index contributed by atoms with van der Waals surface area (Å²) in [7, 11) is 3.10. The third kappa shape index (κ3) is 4.10. The van der Waals surface area contributed by atoms with Gasteiger partial charge in [-0.1, -0.05) is 6.92 Å². The van der Waals surface area contributed by atoms with Crippen LogP contribution in [0.5, 0.6) is 11.5 Å². The fraction of sp³-hybridized carbons (Fsp3) is 0.529. The molecule has 0 spiro atoms. The van der Waals surface area contributed by atoms with Gasteiger partial charge in [-0.25, -0.2) is 4.79 Å². The lowest BCUT2D eigenvalue weighted by atomic mass is 10.1. The van der Waals surface area contributed by atoms with Crippen molar-refractivity contribution in [3.63, 3.8) is 0 Å². The van der Waals surface area contributed by atoms with Gasteiger partial charge in [-0.15, -0.1) is 0 Å². The van der Waals surface area contributed by atoms with E-state index in [0.717, 1.165) is 6.42 Å². The Hall–Kier alpha value is -2.44. The number of benzene rings is 1. The first-order chi connectivity index (χ1) is 11.6. The lowest BCUT2D eigenvalue weighted by molar-refractivity contribution is 0.0664. The van der Waals surface area contributed by atoms with Gasteiger partial charge in [0.05, 0.1) is 14.2 Å². The van der Waals surface area contributed by atoms with Crippen LogP contribution in [0.25, 0.3) is 0 Å². The largest absolute Gasteiger partial charge is 0.493 e. The summed E-state index contributed by atoms with van der Waals surface area (Å²) in [6, 6.07) is 5.07. The van der Waals surface area contributed by atoms with Crippen LogP contribution in [0.2, 0.25) is 0 Å². The van der Waals surface area contributed by atoms with Crippen molar-refractivity contribution in [2.75, 3.05) is 46.9 Å². The molecule has 24 heavy (non-hydrogen) atoms. The Kier molecular flexibility index (Phi) is 6.28. The predicted molar refractivity (Wildman–Crippen MR) is 90.7 cm³/mol. The molecule has 0 atom stereocenters. The van der Waals surface area contributed by atoms with Gasteiger partial charge in [-0.05, 0) is 24.6 Å². The van der Waals surface area contributed by atoms with E-state index in [1.165, 1.54) is 0 Å². The Bertz CT molecular complexity index is 583. The molecule has 0 bridgehead atoms. The van der Waals surface area contributed by atoms with E-state index in [4.69, 9.17) is 9.47 Å². The smallest absolute Gasteiger partial charge is 0.317 e. The van der Waals surface area contributed by atoms with E-state index < -0.39 is 0 Å². The molecule has 0 aliphatic carbocycles. The van der Waals surface area contributed by atoms with Crippen molar-refractivity contribution < 1.29 is 19.1 Å². The van der Waals surface area contributed by atoms with Gasteiger partial charge in [0.25, 0.3) is 5.91 Å². The van der Waals surface area contributed by atoms with Crippen molar-refractivity contribution in [3.05, 3.63) is 23.8 Å². The molecule has 1 aromatic rings. The second-order valence-corrected chi connectivity index (χ2v) is 5.58. The van der Waals surface area contributed by atoms with Crippen molar-refractivity contribution in [1.82, 2.24) is 15.1 Å². The number of ether oxygens (including phenoxy) is 2. The Morgan fingerprint density at radius 2 is 1.67 bits per heavy atom. The van der Waals surface area contributed by atoms with Crippen molar-refractivity contribution in [3.8, 4) is 11.5 Å². The zero-order valence-electron chi connectivity index (χ0n) is 14.5. The summed E-state index contributed by atoms with van der Waals surface area (Å²) in [5.74, 6) is 1.05. The van der Waals surface area contributed by atoms with E-state index in [2.05, 4.69) is 5.32 Å². The van der Waals surface area contributed by atoms with Crippen LogP contribution in [0, 0.1) is 0 Å². The molecule has 0 saturated carbocycles. The van der Waals surface area contributed by atoms with Crippen LogP contribution in [0.15, 0.2) is 18.2 Å². The van der Waals surface area contributed by atoms with Gasteiger partial charge in [0.2, 0.25) is 0 Å². The molecule has 7 nitrogen and oxygen atoms in total. The number of hydrogen-bond acceptors (Lipinski definition) is 4. The minimum atomic E-state index is -0.0652. The van der Waals surface area contributed by atoms with E-state index in [1.807, 2.05) is 6.92 Å². The van der Waals surface area contributed by atoms with Crippen molar-refractivity contribution in [2.45, 2.75) is 13.3 Å². The first-order valence-corrected chi connectivity index (χ1v) is 8.14. The molecule has 1 N–H and O–H groups in total. The van der Waals surface area contributed by atoms with Gasteiger partial charge in [0.1, 0.15) is 0 Å². The molecule has 1 saturated heterocycles. The van der Waals surface area contributed by atoms with Crippen LogP contribution in [-0.4, -0.2) is 68.7 Å². The number of urea groups is 1. The number of carbonyl (C=O) groups is 2. The maximum Gasteiger partial charge on any atom is 0.317 e. The van der Waals surface area contributed by atoms with Crippen molar-refractivity contribution in [1.29, 1.82) is 0 Å². The molecule has 1 heterocycles. The first-order valence-electron chi connectivity index (χ1n) is 8.14. The Labute approximate surface area is 142 Å².